The Bertz CT molecular complexity index is 410. The molecule has 0 radical (unpaired) electrons. The Labute approximate surface area is 74.3 Å². The van der Waals surface area contributed by atoms with Gasteiger partial charge in [0, 0.05) is 18.8 Å². The molecule has 4 heteroatoms. The van der Waals surface area contributed by atoms with Crippen LogP contribution < -0.4 is 5.32 Å². The molecule has 0 aliphatic rings. The molecule has 0 atom stereocenters. The molecule has 0 aliphatic carbocycles. The number of benzene rings is 1. The highest BCUT2D eigenvalue weighted by molar-refractivity contribution is 6.28. The Morgan fingerprint density at radius 1 is 1.50 bits per heavy atom. The van der Waals surface area contributed by atoms with E-state index in [-0.39, 0.29) is 5.35 Å². The van der Waals surface area contributed by atoms with Crippen LogP contribution >= 0.6 is 11.6 Å². The maximum Gasteiger partial charge on any atom is 0.293 e. The number of halogens is 1. The van der Waals surface area contributed by atoms with Crippen LogP contribution in [-0.2, 0) is 0 Å². The molecule has 0 bridgehead atoms. The van der Waals surface area contributed by atoms with Crippen molar-refractivity contribution >= 4 is 28.4 Å². The molecule has 0 aliphatic heterocycles. The van der Waals surface area contributed by atoms with Crippen molar-refractivity contribution in [1.29, 1.82) is 0 Å². The minimum Gasteiger partial charge on any atom is -0.427 e. The predicted octanol–water partition coefficient (Wildman–Crippen LogP) is 2.52. The highest BCUT2D eigenvalue weighted by atomic mass is 35.5. The quantitative estimate of drug-likeness (QED) is 0.737. The van der Waals surface area contributed by atoms with Gasteiger partial charge in [0.25, 0.3) is 5.35 Å². The van der Waals surface area contributed by atoms with Crippen molar-refractivity contribution in [2.24, 2.45) is 0 Å². The van der Waals surface area contributed by atoms with Gasteiger partial charge in [0.1, 0.15) is 5.52 Å². The number of nitrogens with zero attached hydrogens (tertiary/aromatic N) is 1. The Kier molecular flexibility index (Phi) is 1.66. The van der Waals surface area contributed by atoms with Crippen molar-refractivity contribution in [3.05, 3.63) is 23.5 Å². The van der Waals surface area contributed by atoms with Crippen LogP contribution in [0.3, 0.4) is 0 Å². The highest BCUT2D eigenvalue weighted by Crippen LogP contribution is 2.21. The number of rotatable bonds is 1. The topological polar surface area (TPSA) is 38.1 Å². The Morgan fingerprint density at radius 3 is 3.08 bits per heavy atom. The van der Waals surface area contributed by atoms with Crippen molar-refractivity contribution in [2.75, 3.05) is 12.4 Å². The molecule has 3 nitrogen and oxygen atoms in total. The van der Waals surface area contributed by atoms with E-state index in [9.17, 15) is 0 Å². The number of hydrogen-bond acceptors (Lipinski definition) is 3. The van der Waals surface area contributed by atoms with Gasteiger partial charge in [-0.3, -0.25) is 0 Å². The van der Waals surface area contributed by atoms with Crippen molar-refractivity contribution < 1.29 is 4.42 Å². The van der Waals surface area contributed by atoms with Crippen LogP contribution in [0.4, 0.5) is 5.69 Å². The monoisotopic (exact) mass is 182 g/mol. The van der Waals surface area contributed by atoms with Gasteiger partial charge in [-0.2, -0.15) is 4.98 Å². The summed E-state index contributed by atoms with van der Waals surface area (Å²) in [6.07, 6.45) is 0. The summed E-state index contributed by atoms with van der Waals surface area (Å²) in [5.74, 6) is 0. The van der Waals surface area contributed by atoms with E-state index in [1.807, 2.05) is 25.2 Å². The molecule has 0 unspecified atom stereocenters. The summed E-state index contributed by atoms with van der Waals surface area (Å²) in [5, 5.41) is 3.18. The van der Waals surface area contributed by atoms with Crippen LogP contribution in [0.2, 0.25) is 5.35 Å². The van der Waals surface area contributed by atoms with Gasteiger partial charge in [0.15, 0.2) is 5.58 Å². The molecule has 12 heavy (non-hydrogen) atoms. The van der Waals surface area contributed by atoms with Gasteiger partial charge >= 0.3 is 0 Å². The fourth-order valence-corrected chi connectivity index (χ4v) is 1.23. The van der Waals surface area contributed by atoms with Gasteiger partial charge in [-0.25, -0.2) is 0 Å². The molecule has 1 aromatic heterocycles. The standard InChI is InChI=1S/C8H7ClN2O/c1-10-5-2-3-6-7(4-5)12-8(9)11-6/h2-4,10H,1H3. The van der Waals surface area contributed by atoms with Crippen molar-refractivity contribution in [2.45, 2.75) is 0 Å². The number of aromatic nitrogens is 1. The number of oxazole rings is 1. The van der Waals surface area contributed by atoms with Crippen LogP contribution in [0.25, 0.3) is 11.1 Å². The van der Waals surface area contributed by atoms with E-state index in [1.165, 1.54) is 0 Å². The zero-order valence-corrected chi connectivity index (χ0v) is 7.22. The first-order valence-electron chi connectivity index (χ1n) is 3.53. The number of nitrogens with one attached hydrogen (secondary N) is 1. The molecule has 1 heterocycles. The van der Waals surface area contributed by atoms with Crippen molar-refractivity contribution in [3.63, 3.8) is 0 Å². The van der Waals surface area contributed by atoms with E-state index in [2.05, 4.69) is 10.3 Å². The van der Waals surface area contributed by atoms with Crippen LogP contribution in [0.1, 0.15) is 0 Å². The fraction of sp³-hybridized carbons (Fsp3) is 0.125. The number of fused-ring (bicyclic) bond motifs is 1. The Hall–Kier alpha value is -1.22. The van der Waals surface area contributed by atoms with Crippen molar-refractivity contribution in [3.8, 4) is 0 Å². The zero-order valence-electron chi connectivity index (χ0n) is 6.47. The van der Waals surface area contributed by atoms with Gasteiger partial charge in [0.05, 0.1) is 0 Å². The Morgan fingerprint density at radius 2 is 2.33 bits per heavy atom. The molecule has 0 saturated heterocycles. The second kappa shape index (κ2) is 2.68. The smallest absolute Gasteiger partial charge is 0.293 e. The average molecular weight is 183 g/mol. The molecule has 0 saturated carbocycles. The molecule has 0 fully saturated rings. The summed E-state index contributed by atoms with van der Waals surface area (Å²) in [6, 6.07) is 5.63. The third-order valence-electron chi connectivity index (χ3n) is 1.65. The second-order valence-corrected chi connectivity index (χ2v) is 2.72. The van der Waals surface area contributed by atoms with Crippen LogP contribution in [0, 0.1) is 0 Å². The van der Waals surface area contributed by atoms with E-state index in [4.69, 9.17) is 16.0 Å². The minimum absolute atomic E-state index is 0.179. The lowest BCUT2D eigenvalue weighted by Gasteiger charge is -1.96. The number of anilines is 1. The van der Waals surface area contributed by atoms with Crippen LogP contribution in [-0.4, -0.2) is 12.0 Å². The molecule has 0 amide bonds. The third-order valence-corrected chi connectivity index (χ3v) is 1.81. The van der Waals surface area contributed by atoms with E-state index < -0.39 is 0 Å². The van der Waals surface area contributed by atoms with Gasteiger partial charge in [-0.15, -0.1) is 0 Å². The van der Waals surface area contributed by atoms with Crippen molar-refractivity contribution in [1.82, 2.24) is 4.98 Å². The van der Waals surface area contributed by atoms with E-state index >= 15 is 0 Å². The predicted molar refractivity (Wildman–Crippen MR) is 48.6 cm³/mol. The van der Waals surface area contributed by atoms with Gasteiger partial charge in [-0.05, 0) is 23.7 Å². The highest BCUT2D eigenvalue weighted by Gasteiger charge is 2.02. The second-order valence-electron chi connectivity index (χ2n) is 2.40. The normalized spacial score (nSPS) is 10.5. The van der Waals surface area contributed by atoms with E-state index in [0.717, 1.165) is 11.2 Å². The van der Waals surface area contributed by atoms with Gasteiger partial charge < -0.3 is 9.73 Å². The largest absolute Gasteiger partial charge is 0.427 e. The lowest BCUT2D eigenvalue weighted by Crippen LogP contribution is -1.85. The molecular weight excluding hydrogens is 176 g/mol. The molecular formula is C8H7ClN2O. The lowest BCUT2D eigenvalue weighted by atomic mass is 10.3. The third kappa shape index (κ3) is 1.12. The van der Waals surface area contributed by atoms with E-state index in [1.54, 1.807) is 0 Å². The van der Waals surface area contributed by atoms with Crippen LogP contribution in [0.5, 0.6) is 0 Å². The maximum atomic E-state index is 5.58. The first-order valence-corrected chi connectivity index (χ1v) is 3.91. The molecule has 1 aromatic carbocycles. The average Bonchev–Trinajstić information content (AvgIpc) is 2.43. The molecule has 2 aromatic rings. The first-order chi connectivity index (χ1) is 5.79. The van der Waals surface area contributed by atoms with Crippen LogP contribution in [0.15, 0.2) is 22.6 Å². The number of hydrogen-bond donors (Lipinski definition) is 1. The summed E-state index contributed by atoms with van der Waals surface area (Å²) in [4.78, 5) is 3.96. The summed E-state index contributed by atoms with van der Waals surface area (Å²) in [5.41, 5.74) is 2.46. The van der Waals surface area contributed by atoms with Gasteiger partial charge in [0.2, 0.25) is 0 Å². The zero-order chi connectivity index (χ0) is 8.55. The summed E-state index contributed by atoms with van der Waals surface area (Å²) in [7, 11) is 1.85. The molecule has 0 spiro atoms. The minimum atomic E-state index is 0.179. The maximum absolute atomic E-state index is 5.58. The molecule has 62 valence electrons. The summed E-state index contributed by atoms with van der Waals surface area (Å²) >= 11 is 5.58. The summed E-state index contributed by atoms with van der Waals surface area (Å²) in [6.45, 7) is 0. The van der Waals surface area contributed by atoms with Gasteiger partial charge in [-0.1, -0.05) is 0 Å². The Balaban J connectivity index is 2.66. The first kappa shape index (κ1) is 7.43. The fourth-order valence-electron chi connectivity index (χ4n) is 1.05. The molecule has 2 rings (SSSR count). The SMILES string of the molecule is CNc1ccc2nc(Cl)oc2c1. The lowest BCUT2D eigenvalue weighted by molar-refractivity contribution is 0.604. The molecule has 1 N–H and O–H groups in total. The summed E-state index contributed by atoms with van der Waals surface area (Å²) < 4.78 is 5.12. The van der Waals surface area contributed by atoms with E-state index in [0.29, 0.717) is 5.58 Å².